The zero-order valence-electron chi connectivity index (χ0n) is 19.5. The normalized spacial score (nSPS) is 11.0. The Kier molecular flexibility index (Phi) is 7.21. The first-order valence-electron chi connectivity index (χ1n) is 10.9. The summed E-state index contributed by atoms with van der Waals surface area (Å²) in [6.45, 7) is 3.95. The minimum Gasteiger partial charge on any atom is -0.496 e. The molecular formula is C25H24N4O5S. The van der Waals surface area contributed by atoms with Gasteiger partial charge in [-0.05, 0) is 30.2 Å². The Balaban J connectivity index is 1.50. The second-order valence-electron chi connectivity index (χ2n) is 8.15. The molecule has 2 heterocycles. The van der Waals surface area contributed by atoms with Crippen molar-refractivity contribution in [3.63, 3.8) is 0 Å². The first-order valence-corrected chi connectivity index (χ1v) is 11.8. The van der Waals surface area contributed by atoms with Crippen LogP contribution in [0.1, 0.15) is 45.3 Å². The van der Waals surface area contributed by atoms with Crippen LogP contribution in [0.5, 0.6) is 5.75 Å². The van der Waals surface area contributed by atoms with Crippen LogP contribution in [0.4, 0.5) is 5.69 Å². The number of amides is 1. The fraction of sp³-hybridized carbons (Fsp3) is 0.240. The summed E-state index contributed by atoms with van der Waals surface area (Å²) in [5, 5.41) is 7.87. The van der Waals surface area contributed by atoms with Crippen LogP contribution in [0.2, 0.25) is 0 Å². The summed E-state index contributed by atoms with van der Waals surface area (Å²) in [6.07, 6.45) is 0.745. The van der Waals surface area contributed by atoms with E-state index in [2.05, 4.69) is 29.2 Å². The third kappa shape index (κ3) is 5.55. The number of carbonyl (C=O) groups excluding carboxylic acids is 2. The standard InChI is InChI=1S/C25H24N4O5S/c1-15(2)12-21-28-29-22(30)13-16(26-25(29)35-21)14-34-24(32)17-8-4-6-10-19(17)27-23(31)18-9-5-7-11-20(18)33-3/h4-11,13,15H,12,14H2,1-3H3,(H,27,31). The number of para-hydroxylation sites is 2. The van der Waals surface area contributed by atoms with E-state index in [0.717, 1.165) is 11.4 Å². The molecule has 180 valence electrons. The fourth-order valence-corrected chi connectivity index (χ4v) is 4.54. The van der Waals surface area contributed by atoms with E-state index in [1.54, 1.807) is 48.5 Å². The lowest BCUT2D eigenvalue weighted by Gasteiger charge is -2.12. The Hall–Kier alpha value is -4.05. The molecule has 10 heteroatoms. The number of hydrogen-bond donors (Lipinski definition) is 1. The summed E-state index contributed by atoms with van der Waals surface area (Å²) < 4.78 is 11.9. The molecule has 0 unspecified atom stereocenters. The Morgan fingerprint density at radius 2 is 1.80 bits per heavy atom. The minimum absolute atomic E-state index is 0.172. The highest BCUT2D eigenvalue weighted by Gasteiger charge is 2.18. The molecule has 35 heavy (non-hydrogen) atoms. The number of ether oxygens (including phenoxy) is 2. The highest BCUT2D eigenvalue weighted by Crippen LogP contribution is 2.22. The average molecular weight is 493 g/mol. The van der Waals surface area contributed by atoms with Gasteiger partial charge in [-0.1, -0.05) is 49.4 Å². The number of methoxy groups -OCH3 is 1. The van der Waals surface area contributed by atoms with Gasteiger partial charge in [0.05, 0.1) is 29.6 Å². The molecule has 4 aromatic rings. The predicted octanol–water partition coefficient (Wildman–Crippen LogP) is 3.97. The molecule has 0 atom stereocenters. The third-order valence-corrected chi connectivity index (χ3v) is 5.95. The lowest BCUT2D eigenvalue weighted by Crippen LogP contribution is -2.18. The van der Waals surface area contributed by atoms with Crippen LogP contribution >= 0.6 is 11.3 Å². The SMILES string of the molecule is COc1ccccc1C(=O)Nc1ccccc1C(=O)OCc1cc(=O)n2nc(CC(C)C)sc2n1. The molecule has 0 aliphatic carbocycles. The number of anilines is 1. The predicted molar refractivity (Wildman–Crippen MR) is 132 cm³/mol. The summed E-state index contributed by atoms with van der Waals surface area (Å²) in [7, 11) is 1.48. The Bertz CT molecular complexity index is 1440. The number of nitrogens with zero attached hydrogens (tertiary/aromatic N) is 3. The van der Waals surface area contributed by atoms with Gasteiger partial charge >= 0.3 is 5.97 Å². The highest BCUT2D eigenvalue weighted by atomic mass is 32.1. The zero-order chi connectivity index (χ0) is 24.9. The molecule has 0 radical (unpaired) electrons. The topological polar surface area (TPSA) is 112 Å². The van der Waals surface area contributed by atoms with E-state index in [4.69, 9.17) is 9.47 Å². The Morgan fingerprint density at radius 3 is 2.54 bits per heavy atom. The number of nitrogens with one attached hydrogen (secondary N) is 1. The number of hydrogen-bond acceptors (Lipinski definition) is 8. The van der Waals surface area contributed by atoms with Gasteiger partial charge in [0.25, 0.3) is 11.5 Å². The summed E-state index contributed by atoms with van der Waals surface area (Å²) >= 11 is 1.34. The number of aromatic nitrogens is 3. The van der Waals surface area contributed by atoms with Crippen molar-refractivity contribution in [1.82, 2.24) is 14.6 Å². The van der Waals surface area contributed by atoms with Gasteiger partial charge in [0, 0.05) is 12.5 Å². The molecule has 2 aromatic carbocycles. The Labute approximate surface area is 205 Å². The maximum Gasteiger partial charge on any atom is 0.340 e. The average Bonchev–Trinajstić information content (AvgIpc) is 3.25. The van der Waals surface area contributed by atoms with Gasteiger partial charge in [-0.2, -0.15) is 9.61 Å². The second-order valence-corrected chi connectivity index (χ2v) is 9.19. The third-order valence-electron chi connectivity index (χ3n) is 5.02. The summed E-state index contributed by atoms with van der Waals surface area (Å²) in [5.74, 6) is -0.273. The number of rotatable bonds is 8. The quantitative estimate of drug-likeness (QED) is 0.371. The molecule has 0 saturated carbocycles. The molecule has 0 aliphatic rings. The zero-order valence-corrected chi connectivity index (χ0v) is 20.3. The van der Waals surface area contributed by atoms with E-state index >= 15 is 0 Å². The first kappa shape index (κ1) is 24.1. The molecule has 9 nitrogen and oxygen atoms in total. The molecule has 0 spiro atoms. The molecule has 4 rings (SSSR count). The number of benzene rings is 2. The molecule has 2 aromatic heterocycles. The molecule has 0 saturated heterocycles. The van der Waals surface area contributed by atoms with Gasteiger partial charge in [-0.25, -0.2) is 9.78 Å². The van der Waals surface area contributed by atoms with E-state index in [0.29, 0.717) is 27.9 Å². The smallest absolute Gasteiger partial charge is 0.340 e. The lowest BCUT2D eigenvalue weighted by molar-refractivity contribution is 0.0469. The van der Waals surface area contributed by atoms with Crippen LogP contribution in [0, 0.1) is 5.92 Å². The number of esters is 1. The van der Waals surface area contributed by atoms with Crippen LogP contribution in [0.3, 0.4) is 0 Å². The van der Waals surface area contributed by atoms with Gasteiger partial charge in [0.1, 0.15) is 17.4 Å². The van der Waals surface area contributed by atoms with E-state index in [1.165, 1.54) is 29.0 Å². The van der Waals surface area contributed by atoms with E-state index < -0.39 is 11.9 Å². The van der Waals surface area contributed by atoms with Crippen molar-refractivity contribution in [3.05, 3.63) is 86.8 Å². The molecule has 0 bridgehead atoms. The van der Waals surface area contributed by atoms with Crippen molar-refractivity contribution in [2.75, 3.05) is 12.4 Å². The largest absolute Gasteiger partial charge is 0.496 e. The van der Waals surface area contributed by atoms with Crippen LogP contribution < -0.4 is 15.6 Å². The van der Waals surface area contributed by atoms with Gasteiger partial charge in [-0.15, -0.1) is 0 Å². The number of carbonyl (C=O) groups is 2. The molecule has 0 fully saturated rings. The van der Waals surface area contributed by atoms with Crippen molar-refractivity contribution in [2.45, 2.75) is 26.9 Å². The van der Waals surface area contributed by atoms with Crippen molar-refractivity contribution >= 4 is 33.9 Å². The monoisotopic (exact) mass is 492 g/mol. The van der Waals surface area contributed by atoms with E-state index in [1.807, 2.05) is 0 Å². The van der Waals surface area contributed by atoms with Gasteiger partial charge in [0.2, 0.25) is 4.96 Å². The Morgan fingerprint density at radius 1 is 1.09 bits per heavy atom. The van der Waals surface area contributed by atoms with Crippen LogP contribution in [0.25, 0.3) is 4.96 Å². The van der Waals surface area contributed by atoms with Crippen molar-refractivity contribution in [2.24, 2.45) is 5.92 Å². The number of fused-ring (bicyclic) bond motifs is 1. The van der Waals surface area contributed by atoms with Gasteiger partial charge in [-0.3, -0.25) is 9.59 Å². The fourth-order valence-electron chi connectivity index (χ4n) is 3.41. The van der Waals surface area contributed by atoms with Crippen molar-refractivity contribution in [3.8, 4) is 5.75 Å². The van der Waals surface area contributed by atoms with Gasteiger partial charge in [0.15, 0.2) is 0 Å². The lowest BCUT2D eigenvalue weighted by atomic mass is 10.1. The molecule has 1 amide bonds. The van der Waals surface area contributed by atoms with Gasteiger partial charge < -0.3 is 14.8 Å². The maximum atomic E-state index is 12.8. The van der Waals surface area contributed by atoms with Crippen molar-refractivity contribution < 1.29 is 19.1 Å². The highest BCUT2D eigenvalue weighted by molar-refractivity contribution is 7.16. The van der Waals surface area contributed by atoms with Crippen molar-refractivity contribution in [1.29, 1.82) is 0 Å². The minimum atomic E-state index is -0.660. The van der Waals surface area contributed by atoms with Crippen LogP contribution in [-0.2, 0) is 17.8 Å². The van der Waals surface area contributed by atoms with Crippen LogP contribution in [-0.4, -0.2) is 33.6 Å². The summed E-state index contributed by atoms with van der Waals surface area (Å²) in [5.41, 5.74) is 0.774. The molecule has 1 N–H and O–H groups in total. The summed E-state index contributed by atoms with van der Waals surface area (Å²) in [6, 6.07) is 14.6. The summed E-state index contributed by atoms with van der Waals surface area (Å²) in [4.78, 5) is 42.9. The molecule has 0 aliphatic heterocycles. The van der Waals surface area contributed by atoms with E-state index in [9.17, 15) is 14.4 Å². The second kappa shape index (κ2) is 10.5. The van der Waals surface area contributed by atoms with E-state index in [-0.39, 0.29) is 23.4 Å². The maximum absolute atomic E-state index is 12.8. The molecular weight excluding hydrogens is 468 g/mol. The van der Waals surface area contributed by atoms with Crippen LogP contribution in [0.15, 0.2) is 59.4 Å². The first-order chi connectivity index (χ1) is 16.9.